The maximum atomic E-state index is 12.1. The van der Waals surface area contributed by atoms with Crippen LogP contribution in [0, 0.1) is 11.3 Å². The van der Waals surface area contributed by atoms with Crippen molar-refractivity contribution < 1.29 is 4.79 Å². The molecule has 0 aliphatic heterocycles. The van der Waals surface area contributed by atoms with Gasteiger partial charge in [-0.25, -0.2) is 0 Å². The Bertz CT molecular complexity index is 289. The van der Waals surface area contributed by atoms with Gasteiger partial charge in [0.25, 0.3) is 0 Å². The third-order valence-corrected chi connectivity index (χ3v) is 3.93. The molecule has 3 nitrogen and oxygen atoms in total. The summed E-state index contributed by atoms with van der Waals surface area (Å²) in [4.78, 5) is 12.5. The molecule has 0 aromatic rings. The number of carbonyl (C=O) groups excluding carboxylic acids is 1. The van der Waals surface area contributed by atoms with Crippen LogP contribution in [0.1, 0.15) is 46.5 Å². The summed E-state index contributed by atoms with van der Waals surface area (Å²) in [5.41, 5.74) is 5.69. The van der Waals surface area contributed by atoms with Crippen LogP contribution in [0.25, 0.3) is 0 Å². The number of nitrogens with two attached hydrogens (primary N) is 1. The summed E-state index contributed by atoms with van der Waals surface area (Å²) in [5, 5.41) is 2.96. The summed E-state index contributed by atoms with van der Waals surface area (Å²) in [6, 6.07) is -0.154. The van der Waals surface area contributed by atoms with E-state index in [2.05, 4.69) is 19.2 Å². The van der Waals surface area contributed by atoms with Crippen LogP contribution in [-0.4, -0.2) is 16.9 Å². The van der Waals surface area contributed by atoms with Gasteiger partial charge in [0.1, 0.15) is 0 Å². The Balaban J connectivity index is 2.61. The van der Waals surface area contributed by atoms with Gasteiger partial charge in [-0.05, 0) is 24.7 Å². The van der Waals surface area contributed by atoms with Gasteiger partial charge >= 0.3 is 0 Å². The number of carbonyl (C=O) groups is 1. The molecule has 0 bridgehead atoms. The second-order valence-corrected chi connectivity index (χ2v) is 5.78. The highest BCUT2D eigenvalue weighted by Crippen LogP contribution is 2.42. The molecule has 0 radical (unpaired) electrons. The van der Waals surface area contributed by atoms with Gasteiger partial charge in [-0.2, -0.15) is 0 Å². The number of hydrogen-bond donors (Lipinski definition) is 2. The lowest BCUT2D eigenvalue weighted by molar-refractivity contribution is -0.127. The van der Waals surface area contributed by atoms with E-state index in [-0.39, 0.29) is 23.3 Å². The standard InChI is InChI=1S/C12H22N2OS/c1-4-9(10(13)16)14-11(15)8-6-5-7-12(8,2)3/h8-9H,4-7H2,1-3H3,(H2,13,16)(H,14,15). The van der Waals surface area contributed by atoms with Crippen molar-refractivity contribution in [2.45, 2.75) is 52.5 Å². The van der Waals surface area contributed by atoms with Gasteiger partial charge in [-0.1, -0.05) is 39.4 Å². The number of hydrogen-bond acceptors (Lipinski definition) is 2. The average molecular weight is 242 g/mol. The molecule has 0 spiro atoms. The van der Waals surface area contributed by atoms with Gasteiger partial charge < -0.3 is 11.1 Å². The predicted molar refractivity (Wildman–Crippen MR) is 70.1 cm³/mol. The summed E-state index contributed by atoms with van der Waals surface area (Å²) in [7, 11) is 0. The fourth-order valence-corrected chi connectivity index (χ4v) is 2.69. The summed E-state index contributed by atoms with van der Waals surface area (Å²) in [6.45, 7) is 6.29. The second-order valence-electron chi connectivity index (χ2n) is 5.31. The van der Waals surface area contributed by atoms with E-state index in [0.717, 1.165) is 25.7 Å². The number of nitrogens with one attached hydrogen (secondary N) is 1. The minimum absolute atomic E-state index is 0.107. The zero-order valence-corrected chi connectivity index (χ0v) is 11.2. The first-order chi connectivity index (χ1) is 7.38. The minimum atomic E-state index is -0.154. The van der Waals surface area contributed by atoms with Crippen LogP contribution in [0.3, 0.4) is 0 Å². The fraction of sp³-hybridized carbons (Fsp3) is 0.833. The lowest BCUT2D eigenvalue weighted by atomic mass is 9.81. The lowest BCUT2D eigenvalue weighted by Gasteiger charge is -2.27. The molecule has 0 aromatic carbocycles. The van der Waals surface area contributed by atoms with Crippen LogP contribution in [0.4, 0.5) is 0 Å². The molecule has 16 heavy (non-hydrogen) atoms. The van der Waals surface area contributed by atoms with Gasteiger partial charge in [0.05, 0.1) is 11.0 Å². The smallest absolute Gasteiger partial charge is 0.224 e. The molecule has 3 N–H and O–H groups in total. The molecule has 2 unspecified atom stereocenters. The maximum Gasteiger partial charge on any atom is 0.224 e. The van der Waals surface area contributed by atoms with E-state index < -0.39 is 0 Å². The summed E-state index contributed by atoms with van der Waals surface area (Å²) in [5.74, 6) is 0.220. The molecule has 1 amide bonds. The van der Waals surface area contributed by atoms with Crippen LogP contribution < -0.4 is 11.1 Å². The third kappa shape index (κ3) is 2.94. The molecule has 0 aromatic heterocycles. The monoisotopic (exact) mass is 242 g/mol. The molecular weight excluding hydrogens is 220 g/mol. The van der Waals surface area contributed by atoms with Gasteiger partial charge in [0.15, 0.2) is 0 Å². The van der Waals surface area contributed by atoms with Crippen molar-refractivity contribution in [1.82, 2.24) is 5.32 Å². The van der Waals surface area contributed by atoms with E-state index in [1.807, 2.05) is 6.92 Å². The molecule has 2 atom stereocenters. The van der Waals surface area contributed by atoms with E-state index >= 15 is 0 Å². The van der Waals surface area contributed by atoms with Crippen molar-refractivity contribution >= 4 is 23.1 Å². The first-order valence-electron chi connectivity index (χ1n) is 5.98. The zero-order valence-electron chi connectivity index (χ0n) is 10.4. The van der Waals surface area contributed by atoms with E-state index in [4.69, 9.17) is 18.0 Å². The second kappa shape index (κ2) is 5.13. The van der Waals surface area contributed by atoms with Crippen molar-refractivity contribution in [3.05, 3.63) is 0 Å². The minimum Gasteiger partial charge on any atom is -0.392 e. The highest BCUT2D eigenvalue weighted by molar-refractivity contribution is 7.80. The Labute approximate surface area is 103 Å². The molecule has 1 rings (SSSR count). The Hall–Kier alpha value is -0.640. The first-order valence-corrected chi connectivity index (χ1v) is 6.39. The molecule has 1 saturated carbocycles. The normalized spacial score (nSPS) is 25.1. The van der Waals surface area contributed by atoms with Crippen molar-refractivity contribution in [2.75, 3.05) is 0 Å². The molecular formula is C12H22N2OS. The Morgan fingerprint density at radius 1 is 1.62 bits per heavy atom. The number of thiocarbonyl (C=S) groups is 1. The lowest BCUT2D eigenvalue weighted by Crippen LogP contribution is -2.47. The van der Waals surface area contributed by atoms with Gasteiger partial charge in [-0.3, -0.25) is 4.79 Å². The highest BCUT2D eigenvalue weighted by atomic mass is 32.1. The summed E-state index contributed by atoms with van der Waals surface area (Å²) < 4.78 is 0. The molecule has 0 heterocycles. The Morgan fingerprint density at radius 2 is 2.25 bits per heavy atom. The van der Waals surface area contributed by atoms with Crippen molar-refractivity contribution in [3.63, 3.8) is 0 Å². The third-order valence-electron chi connectivity index (χ3n) is 3.64. The van der Waals surface area contributed by atoms with Crippen molar-refractivity contribution in [2.24, 2.45) is 17.1 Å². The van der Waals surface area contributed by atoms with Crippen LogP contribution >= 0.6 is 12.2 Å². The molecule has 1 fully saturated rings. The topological polar surface area (TPSA) is 55.1 Å². The maximum absolute atomic E-state index is 12.1. The molecule has 1 aliphatic rings. The Kier molecular flexibility index (Phi) is 4.30. The van der Waals surface area contributed by atoms with Gasteiger partial charge in [-0.15, -0.1) is 0 Å². The van der Waals surface area contributed by atoms with E-state index in [1.54, 1.807) is 0 Å². The average Bonchev–Trinajstić information content (AvgIpc) is 2.53. The van der Waals surface area contributed by atoms with Crippen LogP contribution in [-0.2, 0) is 4.79 Å². The predicted octanol–water partition coefficient (Wildman–Crippen LogP) is 1.99. The molecule has 0 saturated heterocycles. The van der Waals surface area contributed by atoms with Crippen LogP contribution in [0.5, 0.6) is 0 Å². The first kappa shape index (κ1) is 13.4. The Morgan fingerprint density at radius 3 is 2.62 bits per heavy atom. The molecule has 92 valence electrons. The quantitative estimate of drug-likeness (QED) is 0.741. The largest absolute Gasteiger partial charge is 0.392 e. The fourth-order valence-electron chi connectivity index (χ4n) is 2.46. The van der Waals surface area contributed by atoms with Crippen LogP contribution in [0.2, 0.25) is 0 Å². The zero-order chi connectivity index (χ0) is 12.3. The highest BCUT2D eigenvalue weighted by Gasteiger charge is 2.39. The number of amides is 1. The van der Waals surface area contributed by atoms with E-state index in [1.165, 1.54) is 0 Å². The van der Waals surface area contributed by atoms with Crippen molar-refractivity contribution in [3.8, 4) is 0 Å². The number of rotatable bonds is 4. The van der Waals surface area contributed by atoms with Gasteiger partial charge in [0.2, 0.25) is 5.91 Å². The SMILES string of the molecule is CCC(NC(=O)C1CCCC1(C)C)C(N)=S. The van der Waals surface area contributed by atoms with Gasteiger partial charge in [0, 0.05) is 5.92 Å². The van der Waals surface area contributed by atoms with Crippen LogP contribution in [0.15, 0.2) is 0 Å². The van der Waals surface area contributed by atoms with E-state index in [9.17, 15) is 4.79 Å². The summed E-state index contributed by atoms with van der Waals surface area (Å²) >= 11 is 4.93. The molecule has 4 heteroatoms. The van der Waals surface area contributed by atoms with Crippen molar-refractivity contribution in [1.29, 1.82) is 0 Å². The molecule has 1 aliphatic carbocycles. The van der Waals surface area contributed by atoms with E-state index in [0.29, 0.717) is 4.99 Å². The summed E-state index contributed by atoms with van der Waals surface area (Å²) in [6.07, 6.45) is 3.99.